The fourth-order valence-electron chi connectivity index (χ4n) is 2.03. The van der Waals surface area contributed by atoms with Gasteiger partial charge in [0.25, 0.3) is 0 Å². The van der Waals surface area contributed by atoms with E-state index < -0.39 is 11.6 Å². The predicted molar refractivity (Wildman–Crippen MR) is 75.2 cm³/mol. The van der Waals surface area contributed by atoms with Crippen molar-refractivity contribution in [2.75, 3.05) is 6.26 Å². The molecule has 0 aromatic heterocycles. The van der Waals surface area contributed by atoms with E-state index in [-0.39, 0.29) is 12.5 Å². The van der Waals surface area contributed by atoms with Crippen LogP contribution in [0.25, 0.3) is 0 Å². The number of benzene rings is 2. The Hall–Kier alpha value is -1.39. The molecule has 0 bridgehead atoms. The van der Waals surface area contributed by atoms with E-state index in [1.165, 1.54) is 6.07 Å². The van der Waals surface area contributed by atoms with Crippen molar-refractivity contribution in [2.45, 2.75) is 17.4 Å². The van der Waals surface area contributed by atoms with Crippen LogP contribution >= 0.6 is 11.8 Å². The van der Waals surface area contributed by atoms with E-state index in [0.29, 0.717) is 5.56 Å². The van der Waals surface area contributed by atoms with Crippen molar-refractivity contribution < 1.29 is 8.78 Å². The van der Waals surface area contributed by atoms with Gasteiger partial charge in [-0.1, -0.05) is 30.3 Å². The SMILES string of the molecule is CSc1ccccc1C(N)Cc1cccc(F)c1F. The van der Waals surface area contributed by atoms with Crippen molar-refractivity contribution in [1.29, 1.82) is 0 Å². The summed E-state index contributed by atoms with van der Waals surface area (Å²) in [5.74, 6) is -1.64. The van der Waals surface area contributed by atoms with Crippen molar-refractivity contribution in [3.05, 3.63) is 65.2 Å². The first-order valence-electron chi connectivity index (χ1n) is 5.95. The third-order valence-corrected chi connectivity index (χ3v) is 3.82. The molecule has 1 nitrogen and oxygen atoms in total. The lowest BCUT2D eigenvalue weighted by atomic mass is 9.99. The highest BCUT2D eigenvalue weighted by atomic mass is 32.2. The van der Waals surface area contributed by atoms with E-state index in [0.717, 1.165) is 16.5 Å². The van der Waals surface area contributed by atoms with Crippen molar-refractivity contribution in [2.24, 2.45) is 5.73 Å². The quantitative estimate of drug-likeness (QED) is 0.858. The van der Waals surface area contributed by atoms with E-state index in [1.807, 2.05) is 30.5 Å². The molecule has 4 heteroatoms. The summed E-state index contributed by atoms with van der Waals surface area (Å²) in [5, 5.41) is 0. The fourth-order valence-corrected chi connectivity index (χ4v) is 2.70. The second-order valence-electron chi connectivity index (χ2n) is 4.27. The Balaban J connectivity index is 2.26. The molecule has 0 heterocycles. The predicted octanol–water partition coefficient (Wildman–Crippen LogP) is 3.93. The summed E-state index contributed by atoms with van der Waals surface area (Å²) in [5.41, 5.74) is 7.39. The standard InChI is InChI=1S/C15H15F2NS/c1-19-14-8-3-2-6-11(14)13(18)9-10-5-4-7-12(16)15(10)17/h2-8,13H,9,18H2,1H3. The summed E-state index contributed by atoms with van der Waals surface area (Å²) in [6.45, 7) is 0. The molecule has 0 spiro atoms. The molecular formula is C15H15F2NS. The van der Waals surface area contributed by atoms with Crippen LogP contribution in [0.2, 0.25) is 0 Å². The lowest BCUT2D eigenvalue weighted by Crippen LogP contribution is -2.15. The second-order valence-corrected chi connectivity index (χ2v) is 5.11. The largest absolute Gasteiger partial charge is 0.324 e. The first-order valence-corrected chi connectivity index (χ1v) is 7.17. The number of nitrogens with two attached hydrogens (primary N) is 1. The van der Waals surface area contributed by atoms with Gasteiger partial charge in [0.15, 0.2) is 11.6 Å². The number of halogens is 2. The van der Waals surface area contributed by atoms with E-state index in [9.17, 15) is 8.78 Å². The van der Waals surface area contributed by atoms with Crippen LogP contribution in [-0.2, 0) is 6.42 Å². The number of hydrogen-bond acceptors (Lipinski definition) is 2. The molecule has 100 valence electrons. The third kappa shape index (κ3) is 3.14. The van der Waals surface area contributed by atoms with Gasteiger partial charge in [0.05, 0.1) is 0 Å². The smallest absolute Gasteiger partial charge is 0.162 e. The number of hydrogen-bond donors (Lipinski definition) is 1. The monoisotopic (exact) mass is 279 g/mol. The van der Waals surface area contributed by atoms with Crippen LogP contribution in [0.3, 0.4) is 0 Å². The Kier molecular flexibility index (Phi) is 4.56. The van der Waals surface area contributed by atoms with Gasteiger partial charge in [-0.2, -0.15) is 0 Å². The Labute approximate surface area is 115 Å². The van der Waals surface area contributed by atoms with E-state index in [2.05, 4.69) is 0 Å². The minimum Gasteiger partial charge on any atom is -0.324 e. The van der Waals surface area contributed by atoms with Crippen LogP contribution in [0, 0.1) is 11.6 Å². The average Bonchev–Trinajstić information content (AvgIpc) is 2.43. The van der Waals surface area contributed by atoms with Crippen molar-refractivity contribution in [1.82, 2.24) is 0 Å². The summed E-state index contributed by atoms with van der Waals surface area (Å²) < 4.78 is 26.8. The fraction of sp³-hybridized carbons (Fsp3) is 0.200. The molecule has 0 saturated heterocycles. The van der Waals surface area contributed by atoms with E-state index in [4.69, 9.17) is 5.73 Å². The highest BCUT2D eigenvalue weighted by Gasteiger charge is 2.15. The number of rotatable bonds is 4. The summed E-state index contributed by atoms with van der Waals surface area (Å²) in [4.78, 5) is 1.06. The molecule has 2 N–H and O–H groups in total. The summed E-state index contributed by atoms with van der Waals surface area (Å²) in [7, 11) is 0. The van der Waals surface area contributed by atoms with Gasteiger partial charge < -0.3 is 5.73 Å². The average molecular weight is 279 g/mol. The minimum atomic E-state index is -0.831. The highest BCUT2D eigenvalue weighted by molar-refractivity contribution is 7.98. The highest BCUT2D eigenvalue weighted by Crippen LogP contribution is 2.27. The van der Waals surface area contributed by atoms with E-state index >= 15 is 0 Å². The molecule has 0 aliphatic rings. The lowest BCUT2D eigenvalue weighted by Gasteiger charge is -2.16. The molecule has 0 amide bonds. The van der Waals surface area contributed by atoms with Gasteiger partial charge >= 0.3 is 0 Å². The van der Waals surface area contributed by atoms with Crippen LogP contribution in [0.1, 0.15) is 17.2 Å². The second kappa shape index (κ2) is 6.17. The van der Waals surface area contributed by atoms with Crippen LogP contribution < -0.4 is 5.73 Å². The maximum absolute atomic E-state index is 13.6. The van der Waals surface area contributed by atoms with Gasteiger partial charge in [0.1, 0.15) is 0 Å². The van der Waals surface area contributed by atoms with Gasteiger partial charge in [0.2, 0.25) is 0 Å². The van der Waals surface area contributed by atoms with Gasteiger partial charge in [-0.3, -0.25) is 0 Å². The maximum Gasteiger partial charge on any atom is 0.162 e. The Morgan fingerprint density at radius 1 is 1.11 bits per heavy atom. The first kappa shape index (κ1) is 14.0. The normalized spacial score (nSPS) is 12.4. The molecule has 2 aromatic rings. The van der Waals surface area contributed by atoms with Gasteiger partial charge in [0, 0.05) is 10.9 Å². The molecular weight excluding hydrogens is 264 g/mol. The van der Waals surface area contributed by atoms with Gasteiger partial charge in [-0.05, 0) is 35.9 Å². The molecule has 1 unspecified atom stereocenters. The molecule has 0 aliphatic carbocycles. The molecule has 0 saturated carbocycles. The topological polar surface area (TPSA) is 26.0 Å². The molecule has 19 heavy (non-hydrogen) atoms. The van der Waals surface area contributed by atoms with Gasteiger partial charge in [-0.25, -0.2) is 8.78 Å². The zero-order valence-corrected chi connectivity index (χ0v) is 11.4. The van der Waals surface area contributed by atoms with Crippen LogP contribution in [-0.4, -0.2) is 6.26 Å². The number of thioether (sulfide) groups is 1. The molecule has 0 radical (unpaired) electrons. The Morgan fingerprint density at radius 2 is 1.84 bits per heavy atom. The summed E-state index contributed by atoms with van der Waals surface area (Å²) in [6.07, 6.45) is 2.25. The Morgan fingerprint density at radius 3 is 2.58 bits per heavy atom. The van der Waals surface area contributed by atoms with E-state index in [1.54, 1.807) is 17.8 Å². The Bertz CT molecular complexity index is 572. The van der Waals surface area contributed by atoms with Crippen LogP contribution in [0.15, 0.2) is 47.4 Å². The van der Waals surface area contributed by atoms with Crippen LogP contribution in [0.5, 0.6) is 0 Å². The lowest BCUT2D eigenvalue weighted by molar-refractivity contribution is 0.494. The molecule has 2 rings (SSSR count). The first-order chi connectivity index (χ1) is 9.13. The maximum atomic E-state index is 13.6. The van der Waals surface area contributed by atoms with Crippen molar-refractivity contribution in [3.63, 3.8) is 0 Å². The third-order valence-electron chi connectivity index (χ3n) is 3.01. The van der Waals surface area contributed by atoms with Gasteiger partial charge in [-0.15, -0.1) is 11.8 Å². The van der Waals surface area contributed by atoms with Crippen LogP contribution in [0.4, 0.5) is 8.78 Å². The molecule has 0 aliphatic heterocycles. The molecule has 1 atom stereocenters. The van der Waals surface area contributed by atoms with Crippen molar-refractivity contribution >= 4 is 11.8 Å². The zero-order valence-electron chi connectivity index (χ0n) is 10.6. The molecule has 0 fully saturated rings. The summed E-state index contributed by atoms with van der Waals surface area (Å²) >= 11 is 1.59. The molecule has 2 aromatic carbocycles. The zero-order chi connectivity index (χ0) is 13.8. The van der Waals surface area contributed by atoms with Crippen molar-refractivity contribution in [3.8, 4) is 0 Å². The summed E-state index contributed by atoms with van der Waals surface area (Å²) in [6, 6.07) is 11.6. The minimum absolute atomic E-state index is 0.279.